The Balaban J connectivity index is 1.69. The third-order valence-corrected chi connectivity index (χ3v) is 6.19. The van der Waals surface area contributed by atoms with Gasteiger partial charge < -0.3 is 15.2 Å². The Labute approximate surface area is 187 Å². The fraction of sp³-hybridized carbons (Fsp3) is 0.720. The van der Waals surface area contributed by atoms with E-state index >= 15 is 0 Å². The third kappa shape index (κ3) is 9.28. The zero-order valence-corrected chi connectivity index (χ0v) is 19.1. The van der Waals surface area contributed by atoms with Crippen LogP contribution in [0.3, 0.4) is 0 Å². The second-order valence-corrected chi connectivity index (χ2v) is 8.71. The van der Waals surface area contributed by atoms with E-state index in [-0.39, 0.29) is 5.91 Å². The molecule has 2 rings (SSSR count). The van der Waals surface area contributed by atoms with E-state index in [4.69, 9.17) is 4.74 Å². The quantitative estimate of drug-likeness (QED) is 0.322. The minimum Gasteiger partial charge on any atom is -0.481 e. The highest BCUT2D eigenvalue weighted by Gasteiger charge is 2.36. The van der Waals surface area contributed by atoms with Crippen molar-refractivity contribution in [3.8, 4) is 5.88 Å². The molecule has 0 radical (unpaired) electrons. The zero-order valence-electron chi connectivity index (χ0n) is 19.1. The first-order valence-corrected chi connectivity index (χ1v) is 12.2. The number of nitrogens with one attached hydrogen (secondary N) is 1. The summed E-state index contributed by atoms with van der Waals surface area (Å²) < 4.78 is 5.83. The topological polar surface area (TPSA) is 88.5 Å². The fourth-order valence-corrected chi connectivity index (χ4v) is 4.33. The second kappa shape index (κ2) is 14.8. The van der Waals surface area contributed by atoms with Gasteiger partial charge in [0.1, 0.15) is 5.69 Å². The summed E-state index contributed by atoms with van der Waals surface area (Å²) in [5.74, 6) is -1.83. The number of carboxylic acids is 1. The number of carbonyl (C=O) groups is 2. The van der Waals surface area contributed by atoms with E-state index in [0.29, 0.717) is 31.0 Å². The number of hydrogen-bond donors (Lipinski definition) is 2. The van der Waals surface area contributed by atoms with Crippen molar-refractivity contribution in [3.63, 3.8) is 0 Å². The van der Waals surface area contributed by atoms with Crippen molar-refractivity contribution in [2.75, 3.05) is 11.9 Å². The first-order chi connectivity index (χ1) is 15.1. The summed E-state index contributed by atoms with van der Waals surface area (Å²) in [6, 6.07) is 3.51. The van der Waals surface area contributed by atoms with Crippen molar-refractivity contribution in [2.24, 2.45) is 11.8 Å². The molecule has 1 aromatic rings. The molecule has 6 heteroatoms. The smallest absolute Gasteiger partial charge is 0.307 e. The number of ether oxygens (including phenoxy) is 1. The number of carboxylic acid groups (broad SMARTS) is 1. The van der Waals surface area contributed by atoms with Gasteiger partial charge >= 0.3 is 5.97 Å². The Hall–Kier alpha value is -2.11. The van der Waals surface area contributed by atoms with Gasteiger partial charge in [0.15, 0.2) is 0 Å². The molecule has 6 nitrogen and oxygen atoms in total. The number of carbonyl (C=O) groups excluding carboxylic acids is 1. The molecule has 1 fully saturated rings. The third-order valence-electron chi connectivity index (χ3n) is 6.19. The van der Waals surface area contributed by atoms with Crippen LogP contribution in [0.2, 0.25) is 0 Å². The molecule has 0 aromatic carbocycles. The number of aromatic nitrogens is 1. The van der Waals surface area contributed by atoms with E-state index in [9.17, 15) is 14.7 Å². The number of pyridine rings is 1. The maximum atomic E-state index is 12.7. The summed E-state index contributed by atoms with van der Waals surface area (Å²) in [4.78, 5) is 28.5. The normalized spacial score (nSPS) is 18.5. The van der Waals surface area contributed by atoms with Gasteiger partial charge in [0.2, 0.25) is 11.8 Å². The highest BCUT2D eigenvalue weighted by Crippen LogP contribution is 2.32. The Bertz CT molecular complexity index is 665. The average molecular weight is 433 g/mol. The SMILES string of the molecule is CCCCCCCCCCCCOc1ncccc1NC(=O)C1CCCCC1C(=O)O. The number of nitrogens with zero attached hydrogens (tertiary/aromatic N) is 1. The van der Waals surface area contributed by atoms with Gasteiger partial charge in [-0.3, -0.25) is 9.59 Å². The first-order valence-electron chi connectivity index (χ1n) is 12.2. The minimum atomic E-state index is -0.886. The lowest BCUT2D eigenvalue weighted by atomic mass is 9.78. The second-order valence-electron chi connectivity index (χ2n) is 8.71. The number of anilines is 1. The average Bonchev–Trinajstić information content (AvgIpc) is 2.78. The van der Waals surface area contributed by atoms with Crippen LogP contribution in [0.5, 0.6) is 5.88 Å². The van der Waals surface area contributed by atoms with E-state index in [1.807, 2.05) is 0 Å². The van der Waals surface area contributed by atoms with Gasteiger partial charge in [-0.05, 0) is 31.4 Å². The summed E-state index contributed by atoms with van der Waals surface area (Å²) >= 11 is 0. The molecular formula is C25H40N2O4. The maximum Gasteiger partial charge on any atom is 0.307 e. The molecule has 0 saturated heterocycles. The highest BCUT2D eigenvalue weighted by atomic mass is 16.5. The van der Waals surface area contributed by atoms with Crippen LogP contribution >= 0.6 is 0 Å². The molecule has 1 heterocycles. The number of amides is 1. The zero-order chi connectivity index (χ0) is 22.3. The predicted molar refractivity (Wildman–Crippen MR) is 123 cm³/mol. The number of rotatable bonds is 15. The van der Waals surface area contributed by atoms with Gasteiger partial charge in [-0.15, -0.1) is 0 Å². The molecule has 2 atom stereocenters. The van der Waals surface area contributed by atoms with Crippen molar-refractivity contribution in [3.05, 3.63) is 18.3 Å². The van der Waals surface area contributed by atoms with E-state index in [1.165, 1.54) is 51.4 Å². The Kier molecular flexibility index (Phi) is 12.0. The lowest BCUT2D eigenvalue weighted by Gasteiger charge is -2.27. The van der Waals surface area contributed by atoms with Crippen LogP contribution in [0, 0.1) is 11.8 Å². The molecule has 1 aliphatic rings. The molecule has 2 unspecified atom stereocenters. The van der Waals surface area contributed by atoms with E-state index in [0.717, 1.165) is 25.7 Å². The van der Waals surface area contributed by atoms with Gasteiger partial charge in [-0.25, -0.2) is 4.98 Å². The molecule has 0 aliphatic heterocycles. The van der Waals surface area contributed by atoms with Crippen molar-refractivity contribution in [1.29, 1.82) is 0 Å². The highest BCUT2D eigenvalue weighted by molar-refractivity contribution is 5.96. The molecule has 1 aliphatic carbocycles. The van der Waals surface area contributed by atoms with Crippen molar-refractivity contribution >= 4 is 17.6 Å². The molecule has 0 bridgehead atoms. The standard InChI is InChI=1S/C25H40N2O4/c1-2-3-4-5-6-7-8-9-10-13-19-31-24-22(17-14-18-26-24)27-23(28)20-15-11-12-16-21(20)25(29)30/h14,17-18,20-21H,2-13,15-16,19H2,1H3,(H,27,28)(H,29,30). The largest absolute Gasteiger partial charge is 0.481 e. The molecule has 1 aromatic heterocycles. The van der Waals surface area contributed by atoms with Crippen LogP contribution in [0.15, 0.2) is 18.3 Å². The van der Waals surface area contributed by atoms with Crippen molar-refractivity contribution < 1.29 is 19.4 Å². The predicted octanol–water partition coefficient (Wildman–Crippen LogP) is 6.21. The van der Waals surface area contributed by atoms with Crippen LogP contribution < -0.4 is 10.1 Å². The van der Waals surface area contributed by atoms with Gasteiger partial charge in [0.05, 0.1) is 18.4 Å². The fourth-order valence-electron chi connectivity index (χ4n) is 4.33. The van der Waals surface area contributed by atoms with Crippen molar-refractivity contribution in [2.45, 2.75) is 96.8 Å². The molecular weight excluding hydrogens is 392 g/mol. The van der Waals surface area contributed by atoms with Gasteiger partial charge in [-0.2, -0.15) is 0 Å². The van der Waals surface area contributed by atoms with Crippen LogP contribution in [-0.4, -0.2) is 28.6 Å². The number of unbranched alkanes of at least 4 members (excludes halogenated alkanes) is 9. The number of hydrogen-bond acceptors (Lipinski definition) is 4. The van der Waals surface area contributed by atoms with Crippen LogP contribution in [0.4, 0.5) is 5.69 Å². The monoisotopic (exact) mass is 432 g/mol. The molecule has 1 amide bonds. The minimum absolute atomic E-state index is 0.246. The van der Waals surface area contributed by atoms with Crippen LogP contribution in [0.1, 0.15) is 96.8 Å². The number of aliphatic carboxylic acids is 1. The molecule has 1 saturated carbocycles. The molecule has 174 valence electrons. The summed E-state index contributed by atoms with van der Waals surface area (Å²) in [6.07, 6.45) is 17.2. The van der Waals surface area contributed by atoms with E-state index < -0.39 is 17.8 Å². The summed E-state index contributed by atoms with van der Waals surface area (Å²) in [6.45, 7) is 2.81. The molecule has 31 heavy (non-hydrogen) atoms. The maximum absolute atomic E-state index is 12.7. The Morgan fingerprint density at radius 2 is 1.61 bits per heavy atom. The van der Waals surface area contributed by atoms with Gasteiger partial charge in [-0.1, -0.05) is 77.6 Å². The molecule has 0 spiro atoms. The van der Waals surface area contributed by atoms with Gasteiger partial charge in [0.25, 0.3) is 0 Å². The van der Waals surface area contributed by atoms with Gasteiger partial charge in [0, 0.05) is 6.20 Å². The lowest BCUT2D eigenvalue weighted by molar-refractivity contribution is -0.147. The Morgan fingerprint density at radius 1 is 1.00 bits per heavy atom. The summed E-state index contributed by atoms with van der Waals surface area (Å²) in [7, 11) is 0. The summed E-state index contributed by atoms with van der Waals surface area (Å²) in [5.41, 5.74) is 0.522. The lowest BCUT2D eigenvalue weighted by Crippen LogP contribution is -2.36. The van der Waals surface area contributed by atoms with Crippen molar-refractivity contribution in [1.82, 2.24) is 4.98 Å². The van der Waals surface area contributed by atoms with E-state index in [2.05, 4.69) is 17.2 Å². The Morgan fingerprint density at radius 3 is 2.26 bits per heavy atom. The first kappa shape index (κ1) is 25.2. The van der Waals surface area contributed by atoms with Crippen LogP contribution in [0.25, 0.3) is 0 Å². The van der Waals surface area contributed by atoms with Crippen LogP contribution in [-0.2, 0) is 9.59 Å². The molecule has 2 N–H and O–H groups in total. The van der Waals surface area contributed by atoms with E-state index in [1.54, 1.807) is 18.3 Å². The summed E-state index contributed by atoms with van der Waals surface area (Å²) in [5, 5.41) is 12.3.